The molecule has 26 heavy (non-hydrogen) atoms. The minimum Gasteiger partial charge on any atom is -0.494 e. The third-order valence-corrected chi connectivity index (χ3v) is 5.17. The SMILES string of the molecule is CCCCOc1ccc(C2C(C(C)=O)C(=O)CC(C)(O)C2C(C)=O)cc1. The second-order valence-corrected chi connectivity index (χ2v) is 7.47. The van der Waals surface area contributed by atoms with Crippen molar-refractivity contribution < 1.29 is 24.2 Å². The molecule has 1 saturated carbocycles. The third-order valence-electron chi connectivity index (χ3n) is 5.17. The lowest BCUT2D eigenvalue weighted by atomic mass is 9.60. The van der Waals surface area contributed by atoms with Crippen molar-refractivity contribution in [2.45, 2.75) is 58.5 Å². The van der Waals surface area contributed by atoms with E-state index < -0.39 is 23.4 Å². The van der Waals surface area contributed by atoms with Crippen LogP contribution in [0.25, 0.3) is 0 Å². The number of unbranched alkanes of at least 4 members (excludes halogenated alkanes) is 1. The second-order valence-electron chi connectivity index (χ2n) is 7.47. The standard InChI is InChI=1S/C21H28O5/c1-5-6-11-26-16-9-7-15(8-10-16)19-18(13(2)22)17(24)12-21(4,25)20(19)14(3)23/h7-10,18-20,25H,5-6,11-12H2,1-4H3. The van der Waals surface area contributed by atoms with E-state index >= 15 is 0 Å². The van der Waals surface area contributed by atoms with Crippen molar-refractivity contribution in [3.63, 3.8) is 0 Å². The monoisotopic (exact) mass is 360 g/mol. The molecule has 1 aromatic carbocycles. The van der Waals surface area contributed by atoms with E-state index in [1.165, 1.54) is 20.8 Å². The highest BCUT2D eigenvalue weighted by Gasteiger charge is 2.53. The van der Waals surface area contributed by atoms with Gasteiger partial charge in [-0.1, -0.05) is 25.5 Å². The lowest BCUT2D eigenvalue weighted by molar-refractivity contribution is -0.151. The molecule has 5 heteroatoms. The van der Waals surface area contributed by atoms with Crippen molar-refractivity contribution in [1.29, 1.82) is 0 Å². The van der Waals surface area contributed by atoms with Gasteiger partial charge in [-0.3, -0.25) is 14.4 Å². The Balaban J connectivity index is 2.40. The van der Waals surface area contributed by atoms with Gasteiger partial charge in [-0.15, -0.1) is 0 Å². The molecule has 4 unspecified atom stereocenters. The van der Waals surface area contributed by atoms with Gasteiger partial charge in [0.05, 0.1) is 24.0 Å². The molecule has 142 valence electrons. The molecule has 1 aromatic rings. The summed E-state index contributed by atoms with van der Waals surface area (Å²) in [5, 5.41) is 10.7. The molecule has 1 aliphatic rings. The van der Waals surface area contributed by atoms with Gasteiger partial charge >= 0.3 is 0 Å². The van der Waals surface area contributed by atoms with Gasteiger partial charge in [0.25, 0.3) is 0 Å². The highest BCUT2D eigenvalue weighted by Crippen LogP contribution is 2.46. The lowest BCUT2D eigenvalue weighted by Crippen LogP contribution is -2.53. The van der Waals surface area contributed by atoms with Gasteiger partial charge in [-0.05, 0) is 44.9 Å². The predicted molar refractivity (Wildman–Crippen MR) is 98.2 cm³/mol. The molecule has 0 amide bonds. The van der Waals surface area contributed by atoms with Gasteiger partial charge in [0.15, 0.2) is 0 Å². The number of benzene rings is 1. The van der Waals surface area contributed by atoms with Crippen molar-refractivity contribution >= 4 is 17.3 Å². The van der Waals surface area contributed by atoms with Crippen molar-refractivity contribution in [3.8, 4) is 5.75 Å². The van der Waals surface area contributed by atoms with E-state index in [1.54, 1.807) is 24.3 Å². The van der Waals surface area contributed by atoms with Crippen LogP contribution in [0.15, 0.2) is 24.3 Å². The highest BCUT2D eigenvalue weighted by atomic mass is 16.5. The molecule has 0 heterocycles. The van der Waals surface area contributed by atoms with Gasteiger partial charge in [0.2, 0.25) is 0 Å². The highest BCUT2D eigenvalue weighted by molar-refractivity contribution is 6.05. The van der Waals surface area contributed by atoms with Crippen LogP contribution in [-0.4, -0.2) is 34.7 Å². The van der Waals surface area contributed by atoms with Crippen LogP contribution in [0.3, 0.4) is 0 Å². The maximum atomic E-state index is 12.5. The number of carbonyl (C=O) groups excluding carboxylic acids is 3. The van der Waals surface area contributed by atoms with E-state index in [0.29, 0.717) is 17.9 Å². The quantitative estimate of drug-likeness (QED) is 0.597. The Morgan fingerprint density at radius 2 is 1.81 bits per heavy atom. The average Bonchev–Trinajstić information content (AvgIpc) is 2.53. The van der Waals surface area contributed by atoms with Crippen LogP contribution in [0.1, 0.15) is 58.4 Å². The van der Waals surface area contributed by atoms with Gasteiger partial charge < -0.3 is 9.84 Å². The molecule has 2 rings (SSSR count). The number of carbonyl (C=O) groups is 3. The van der Waals surface area contributed by atoms with E-state index in [1.807, 2.05) is 0 Å². The summed E-state index contributed by atoms with van der Waals surface area (Å²) in [6, 6.07) is 7.14. The fraction of sp³-hybridized carbons (Fsp3) is 0.571. The van der Waals surface area contributed by atoms with Crippen LogP contribution in [0.4, 0.5) is 0 Å². The van der Waals surface area contributed by atoms with Crippen LogP contribution >= 0.6 is 0 Å². The smallest absolute Gasteiger partial charge is 0.146 e. The fourth-order valence-corrected chi connectivity index (χ4v) is 4.03. The van der Waals surface area contributed by atoms with Crippen molar-refractivity contribution in [3.05, 3.63) is 29.8 Å². The van der Waals surface area contributed by atoms with E-state index in [2.05, 4.69) is 6.92 Å². The van der Waals surface area contributed by atoms with Gasteiger partial charge in [-0.2, -0.15) is 0 Å². The predicted octanol–water partition coefficient (Wildman–Crippen LogP) is 3.08. The number of ether oxygens (including phenoxy) is 1. The summed E-state index contributed by atoms with van der Waals surface area (Å²) in [7, 11) is 0. The molecule has 1 fully saturated rings. The molecule has 0 spiro atoms. The summed E-state index contributed by atoms with van der Waals surface area (Å²) in [6.07, 6.45) is 1.81. The summed E-state index contributed by atoms with van der Waals surface area (Å²) in [5.74, 6) is -2.47. The zero-order chi connectivity index (χ0) is 19.5. The van der Waals surface area contributed by atoms with Gasteiger partial charge in [-0.25, -0.2) is 0 Å². The summed E-state index contributed by atoms with van der Waals surface area (Å²) in [5.41, 5.74) is -0.767. The lowest BCUT2D eigenvalue weighted by Gasteiger charge is -2.44. The number of rotatable bonds is 7. The maximum Gasteiger partial charge on any atom is 0.146 e. The van der Waals surface area contributed by atoms with Gasteiger partial charge in [0, 0.05) is 12.3 Å². The second kappa shape index (κ2) is 8.12. The number of Topliss-reactive ketones (excluding diaryl/α,β-unsaturated/α-hetero) is 3. The van der Waals surface area contributed by atoms with Crippen LogP contribution in [0, 0.1) is 11.8 Å². The van der Waals surface area contributed by atoms with Crippen LogP contribution in [0.5, 0.6) is 5.75 Å². The molecule has 0 aliphatic heterocycles. The molecular weight excluding hydrogens is 332 g/mol. The van der Waals surface area contributed by atoms with Crippen LogP contribution in [-0.2, 0) is 14.4 Å². The van der Waals surface area contributed by atoms with E-state index in [0.717, 1.165) is 12.8 Å². The van der Waals surface area contributed by atoms with E-state index in [-0.39, 0.29) is 23.8 Å². The minimum absolute atomic E-state index is 0.184. The largest absolute Gasteiger partial charge is 0.494 e. The average molecular weight is 360 g/mol. The Morgan fingerprint density at radius 1 is 1.19 bits per heavy atom. The summed E-state index contributed by atoms with van der Waals surface area (Å²) >= 11 is 0. The molecule has 0 bridgehead atoms. The van der Waals surface area contributed by atoms with Crippen molar-refractivity contribution in [2.75, 3.05) is 6.61 Å². The molecule has 1 aliphatic carbocycles. The first-order valence-corrected chi connectivity index (χ1v) is 9.17. The minimum atomic E-state index is -1.46. The van der Waals surface area contributed by atoms with Crippen molar-refractivity contribution in [2.24, 2.45) is 11.8 Å². The Bertz CT molecular complexity index is 674. The normalized spacial score (nSPS) is 28.7. The number of aliphatic hydroxyl groups is 1. The molecule has 0 radical (unpaired) electrons. The zero-order valence-corrected chi connectivity index (χ0v) is 16.0. The Labute approximate surface area is 154 Å². The molecular formula is C21H28O5. The third kappa shape index (κ3) is 4.21. The summed E-state index contributed by atoms with van der Waals surface area (Å²) in [6.45, 7) is 6.99. The Morgan fingerprint density at radius 3 is 2.31 bits per heavy atom. The maximum absolute atomic E-state index is 12.5. The first-order chi connectivity index (χ1) is 12.2. The number of ketones is 3. The summed E-state index contributed by atoms with van der Waals surface area (Å²) in [4.78, 5) is 37.0. The zero-order valence-electron chi connectivity index (χ0n) is 16.0. The number of hydrogen-bond donors (Lipinski definition) is 1. The van der Waals surface area contributed by atoms with Gasteiger partial charge in [0.1, 0.15) is 23.1 Å². The molecule has 5 nitrogen and oxygen atoms in total. The van der Waals surface area contributed by atoms with E-state index in [9.17, 15) is 19.5 Å². The summed E-state index contributed by atoms with van der Waals surface area (Å²) < 4.78 is 5.65. The van der Waals surface area contributed by atoms with Crippen molar-refractivity contribution in [1.82, 2.24) is 0 Å². The first-order valence-electron chi connectivity index (χ1n) is 9.17. The molecule has 0 saturated heterocycles. The molecule has 1 N–H and O–H groups in total. The Kier molecular flexibility index (Phi) is 6.34. The van der Waals surface area contributed by atoms with E-state index in [4.69, 9.17) is 4.74 Å². The molecule has 4 atom stereocenters. The Hall–Kier alpha value is -2.01. The molecule has 0 aromatic heterocycles. The number of hydrogen-bond acceptors (Lipinski definition) is 5. The van der Waals surface area contributed by atoms with Crippen LogP contribution < -0.4 is 4.74 Å². The fourth-order valence-electron chi connectivity index (χ4n) is 4.03. The first kappa shape index (κ1) is 20.3. The topological polar surface area (TPSA) is 80.7 Å². The van der Waals surface area contributed by atoms with Crippen LogP contribution in [0.2, 0.25) is 0 Å².